The minimum absolute atomic E-state index is 0.00337. The zero-order chi connectivity index (χ0) is 23.4. The topological polar surface area (TPSA) is 73.2 Å². The van der Waals surface area contributed by atoms with Gasteiger partial charge in [0.2, 0.25) is 5.91 Å². The summed E-state index contributed by atoms with van der Waals surface area (Å²) in [5, 5.41) is 4.14. The lowest BCUT2D eigenvalue weighted by Crippen LogP contribution is -2.44. The van der Waals surface area contributed by atoms with Gasteiger partial charge in [-0.3, -0.25) is 9.69 Å². The van der Waals surface area contributed by atoms with Crippen molar-refractivity contribution < 1.29 is 23.4 Å². The van der Waals surface area contributed by atoms with E-state index in [2.05, 4.69) is 23.2 Å². The Kier molecular flexibility index (Phi) is 7.20. The normalized spacial score (nSPS) is 15.4. The van der Waals surface area contributed by atoms with E-state index in [1.54, 1.807) is 20.5 Å². The number of hydrogen-bond acceptors (Lipinski definition) is 6. The number of methoxy groups -OCH3 is 2. The van der Waals surface area contributed by atoms with Crippen LogP contribution in [-0.4, -0.2) is 57.9 Å². The molecule has 0 radical (unpaired) electrons. The fraction of sp³-hybridized carbons (Fsp3) is 0.423. The van der Waals surface area contributed by atoms with Gasteiger partial charge in [-0.25, -0.2) is 0 Å². The van der Waals surface area contributed by atoms with Crippen molar-refractivity contribution in [1.82, 2.24) is 10.2 Å². The molecule has 1 fully saturated rings. The van der Waals surface area contributed by atoms with E-state index in [0.29, 0.717) is 31.3 Å². The molecule has 1 aliphatic rings. The van der Waals surface area contributed by atoms with Crippen molar-refractivity contribution in [2.24, 2.45) is 0 Å². The molecule has 1 unspecified atom stereocenters. The van der Waals surface area contributed by atoms with Crippen LogP contribution < -0.4 is 14.8 Å². The van der Waals surface area contributed by atoms with Crippen LogP contribution in [0.4, 0.5) is 0 Å². The average molecular weight is 453 g/mol. The summed E-state index contributed by atoms with van der Waals surface area (Å²) in [7, 11) is 3.26. The highest BCUT2D eigenvalue weighted by atomic mass is 16.5. The van der Waals surface area contributed by atoms with Crippen LogP contribution in [0.1, 0.15) is 28.3 Å². The molecule has 0 bridgehead atoms. The average Bonchev–Trinajstić information content (AvgIpc) is 3.25. The number of benzene rings is 2. The maximum atomic E-state index is 12.9. The molecule has 0 saturated carbocycles. The number of nitrogens with zero attached hydrogens (tertiary/aromatic N) is 1. The fourth-order valence-electron chi connectivity index (χ4n) is 4.38. The summed E-state index contributed by atoms with van der Waals surface area (Å²) in [4.78, 5) is 15.2. The Morgan fingerprint density at radius 2 is 1.85 bits per heavy atom. The summed E-state index contributed by atoms with van der Waals surface area (Å²) in [6.45, 7) is 7.56. The zero-order valence-electron chi connectivity index (χ0n) is 19.8. The number of carbonyl (C=O) groups is 1. The van der Waals surface area contributed by atoms with Crippen molar-refractivity contribution in [2.75, 3.05) is 47.1 Å². The van der Waals surface area contributed by atoms with Crippen LogP contribution >= 0.6 is 0 Å². The highest BCUT2D eigenvalue weighted by molar-refractivity contribution is 5.89. The molecule has 2 heterocycles. The van der Waals surface area contributed by atoms with Crippen LogP contribution in [0.5, 0.6) is 11.5 Å². The Balaban J connectivity index is 1.50. The highest BCUT2D eigenvalue weighted by Gasteiger charge is 2.24. The van der Waals surface area contributed by atoms with Crippen LogP contribution in [0.15, 0.2) is 41.0 Å². The number of aryl methyl sites for hydroxylation is 2. The van der Waals surface area contributed by atoms with E-state index in [-0.39, 0.29) is 18.4 Å². The van der Waals surface area contributed by atoms with Gasteiger partial charge in [0, 0.05) is 30.6 Å². The maximum absolute atomic E-state index is 12.9. The third kappa shape index (κ3) is 4.99. The van der Waals surface area contributed by atoms with Crippen molar-refractivity contribution in [2.45, 2.75) is 26.3 Å². The molecule has 1 N–H and O–H groups in total. The SMILES string of the molecule is COc1ccc(C(CNC(=O)Cc2coc3c(C)c(C)ccc23)N2CCOCC2)cc1OC. The summed E-state index contributed by atoms with van der Waals surface area (Å²) in [6.07, 6.45) is 1.97. The third-order valence-electron chi connectivity index (χ3n) is 6.46. The van der Waals surface area contributed by atoms with Crippen LogP contribution in [0, 0.1) is 13.8 Å². The maximum Gasteiger partial charge on any atom is 0.224 e. The molecule has 1 aliphatic heterocycles. The van der Waals surface area contributed by atoms with Crippen molar-refractivity contribution in [1.29, 1.82) is 0 Å². The second kappa shape index (κ2) is 10.3. The number of ether oxygens (including phenoxy) is 3. The minimum atomic E-state index is -0.0327. The minimum Gasteiger partial charge on any atom is -0.493 e. The van der Waals surface area contributed by atoms with E-state index in [9.17, 15) is 4.79 Å². The summed E-state index contributed by atoms with van der Waals surface area (Å²) < 4.78 is 22.2. The van der Waals surface area contributed by atoms with E-state index in [4.69, 9.17) is 18.6 Å². The molecule has 7 nitrogen and oxygen atoms in total. The van der Waals surface area contributed by atoms with Crippen LogP contribution in [0.3, 0.4) is 0 Å². The van der Waals surface area contributed by atoms with Gasteiger partial charge in [0.25, 0.3) is 0 Å². The lowest BCUT2D eigenvalue weighted by molar-refractivity contribution is -0.120. The van der Waals surface area contributed by atoms with Crippen LogP contribution in [-0.2, 0) is 16.0 Å². The first-order valence-corrected chi connectivity index (χ1v) is 11.3. The second-order valence-electron chi connectivity index (χ2n) is 8.40. The quantitative estimate of drug-likeness (QED) is 0.561. The summed E-state index contributed by atoms with van der Waals surface area (Å²) in [6, 6.07) is 10.0. The predicted molar refractivity (Wildman–Crippen MR) is 127 cm³/mol. The first kappa shape index (κ1) is 23.1. The van der Waals surface area contributed by atoms with Gasteiger partial charge in [-0.2, -0.15) is 0 Å². The van der Waals surface area contributed by atoms with Crippen molar-refractivity contribution in [3.8, 4) is 11.5 Å². The first-order valence-electron chi connectivity index (χ1n) is 11.3. The molecular weight excluding hydrogens is 420 g/mol. The molecule has 33 heavy (non-hydrogen) atoms. The standard InChI is InChI=1S/C26H32N2O5/c1-17-5-7-21-20(16-33-26(21)18(17)2)14-25(29)27-15-22(28-9-11-32-12-10-28)19-6-8-23(30-3)24(13-19)31-4/h5-8,13,16,22H,9-12,14-15H2,1-4H3,(H,27,29). The molecule has 2 aromatic carbocycles. The van der Waals surface area contributed by atoms with E-state index in [1.165, 1.54) is 5.56 Å². The van der Waals surface area contributed by atoms with E-state index < -0.39 is 0 Å². The zero-order valence-corrected chi connectivity index (χ0v) is 19.8. The Hall–Kier alpha value is -3.03. The van der Waals surface area contributed by atoms with Crippen LogP contribution in [0.2, 0.25) is 0 Å². The van der Waals surface area contributed by atoms with Crippen molar-refractivity contribution in [3.05, 3.63) is 58.8 Å². The molecular formula is C26H32N2O5. The Morgan fingerprint density at radius 1 is 1.09 bits per heavy atom. The number of nitrogens with one attached hydrogen (secondary N) is 1. The third-order valence-corrected chi connectivity index (χ3v) is 6.46. The lowest BCUT2D eigenvalue weighted by atomic mass is 10.0. The molecule has 4 rings (SSSR count). The number of hydrogen-bond donors (Lipinski definition) is 1. The second-order valence-corrected chi connectivity index (χ2v) is 8.40. The van der Waals surface area contributed by atoms with Gasteiger partial charge in [0.1, 0.15) is 5.58 Å². The number of rotatable bonds is 8. The van der Waals surface area contributed by atoms with Gasteiger partial charge >= 0.3 is 0 Å². The Morgan fingerprint density at radius 3 is 2.58 bits per heavy atom. The Labute approximate surface area is 194 Å². The van der Waals surface area contributed by atoms with Crippen LogP contribution in [0.25, 0.3) is 11.0 Å². The van der Waals surface area contributed by atoms with Gasteiger partial charge in [0.15, 0.2) is 11.5 Å². The summed E-state index contributed by atoms with van der Waals surface area (Å²) >= 11 is 0. The lowest BCUT2D eigenvalue weighted by Gasteiger charge is -2.35. The number of morpholine rings is 1. The monoisotopic (exact) mass is 452 g/mol. The number of fused-ring (bicyclic) bond motifs is 1. The predicted octanol–water partition coefficient (Wildman–Crippen LogP) is 3.80. The highest BCUT2D eigenvalue weighted by Crippen LogP contribution is 2.32. The molecule has 7 heteroatoms. The van der Waals surface area contributed by atoms with Gasteiger partial charge < -0.3 is 23.9 Å². The molecule has 1 saturated heterocycles. The van der Waals surface area contributed by atoms with Gasteiger partial charge in [0.05, 0.1) is 46.2 Å². The first-order chi connectivity index (χ1) is 16.0. The Bertz CT molecular complexity index is 1120. The molecule has 176 valence electrons. The van der Waals surface area contributed by atoms with Crippen molar-refractivity contribution in [3.63, 3.8) is 0 Å². The van der Waals surface area contributed by atoms with E-state index >= 15 is 0 Å². The molecule has 3 aromatic rings. The molecule has 1 atom stereocenters. The fourth-order valence-corrected chi connectivity index (χ4v) is 4.38. The van der Waals surface area contributed by atoms with E-state index in [1.807, 2.05) is 31.2 Å². The molecule has 0 aliphatic carbocycles. The van der Waals surface area contributed by atoms with Gasteiger partial charge in [-0.05, 0) is 42.7 Å². The summed E-state index contributed by atoms with van der Waals surface area (Å²) in [5.74, 6) is 1.33. The van der Waals surface area contributed by atoms with E-state index in [0.717, 1.165) is 40.7 Å². The van der Waals surface area contributed by atoms with Gasteiger partial charge in [-0.15, -0.1) is 0 Å². The molecule has 1 aromatic heterocycles. The van der Waals surface area contributed by atoms with Gasteiger partial charge in [-0.1, -0.05) is 18.2 Å². The smallest absolute Gasteiger partial charge is 0.224 e. The number of carbonyl (C=O) groups excluding carboxylic acids is 1. The number of furan rings is 1. The largest absolute Gasteiger partial charge is 0.493 e. The summed E-state index contributed by atoms with van der Waals surface area (Å²) in [5.41, 5.74) is 5.11. The number of amides is 1. The molecule has 1 amide bonds. The molecule has 0 spiro atoms. The van der Waals surface area contributed by atoms with Crippen molar-refractivity contribution >= 4 is 16.9 Å².